The van der Waals surface area contributed by atoms with Crippen LogP contribution < -0.4 is 10.1 Å². The van der Waals surface area contributed by atoms with E-state index >= 15 is 0 Å². The summed E-state index contributed by atoms with van der Waals surface area (Å²) in [5.74, 6) is -0.415. The van der Waals surface area contributed by atoms with Crippen molar-refractivity contribution >= 4 is 26.0 Å². The Labute approximate surface area is 219 Å². The number of carbonyl (C=O) groups excluding carboxylic acids is 1. The Balaban J connectivity index is 1.38. The van der Waals surface area contributed by atoms with Crippen LogP contribution in [0, 0.1) is 12.8 Å². The molecule has 1 atom stereocenters. The van der Waals surface area contributed by atoms with Crippen LogP contribution >= 0.6 is 0 Å². The molecule has 202 valence electrons. The number of hydrogen-bond donors (Lipinski definition) is 1. The van der Waals surface area contributed by atoms with Gasteiger partial charge in [-0.05, 0) is 68.0 Å². The highest BCUT2D eigenvalue weighted by Gasteiger charge is 2.35. The number of rotatable bonds is 8. The van der Waals surface area contributed by atoms with Gasteiger partial charge in [0, 0.05) is 32.7 Å². The van der Waals surface area contributed by atoms with E-state index in [4.69, 9.17) is 4.74 Å². The lowest BCUT2D eigenvalue weighted by Gasteiger charge is -2.31. The smallest absolute Gasteiger partial charge is 0.246 e. The third-order valence-electron chi connectivity index (χ3n) is 7.03. The lowest BCUT2D eigenvalue weighted by molar-refractivity contribution is -0.126. The minimum Gasteiger partial charge on any atom is -0.495 e. The molecule has 0 radical (unpaired) electrons. The Bertz CT molecular complexity index is 1320. The predicted octanol–water partition coefficient (Wildman–Crippen LogP) is 2.90. The number of nitrogens with zero attached hydrogens (tertiary/aromatic N) is 2. The van der Waals surface area contributed by atoms with Crippen molar-refractivity contribution in [1.29, 1.82) is 0 Å². The van der Waals surface area contributed by atoms with Crippen molar-refractivity contribution in [2.24, 2.45) is 5.92 Å². The first-order valence-corrected chi connectivity index (χ1v) is 15.5. The molecule has 1 amide bonds. The monoisotopic (exact) mass is 549 g/mol. The molecule has 37 heavy (non-hydrogen) atoms. The summed E-state index contributed by atoms with van der Waals surface area (Å²) in [6.07, 6.45) is 3.98. The van der Waals surface area contributed by atoms with E-state index in [0.29, 0.717) is 32.5 Å². The molecule has 0 saturated carbocycles. The Morgan fingerprint density at radius 1 is 0.919 bits per heavy atom. The second kappa shape index (κ2) is 11.5. The van der Waals surface area contributed by atoms with Gasteiger partial charge in [-0.25, -0.2) is 16.8 Å². The Hall–Kier alpha value is -2.47. The molecule has 4 rings (SSSR count). The summed E-state index contributed by atoms with van der Waals surface area (Å²) in [7, 11) is -5.89. The first kappa shape index (κ1) is 27.6. The van der Waals surface area contributed by atoms with E-state index in [1.165, 1.54) is 15.7 Å². The third kappa shape index (κ3) is 6.17. The molecule has 9 nitrogen and oxygen atoms in total. The number of piperidine rings is 2. The predicted molar refractivity (Wildman–Crippen MR) is 140 cm³/mol. The Morgan fingerprint density at radius 3 is 2.27 bits per heavy atom. The number of carbonyl (C=O) groups is 1. The van der Waals surface area contributed by atoms with Gasteiger partial charge < -0.3 is 10.1 Å². The summed E-state index contributed by atoms with van der Waals surface area (Å²) in [6.45, 7) is 3.59. The molecule has 2 aromatic carbocycles. The van der Waals surface area contributed by atoms with Gasteiger partial charge in [-0.2, -0.15) is 8.61 Å². The zero-order valence-electron chi connectivity index (χ0n) is 21.4. The van der Waals surface area contributed by atoms with Crippen LogP contribution in [0.15, 0.2) is 52.3 Å². The number of nitrogens with one attached hydrogen (secondary N) is 1. The normalized spacial score (nSPS) is 19.9. The van der Waals surface area contributed by atoms with Crippen LogP contribution in [0.2, 0.25) is 0 Å². The highest BCUT2D eigenvalue weighted by Crippen LogP contribution is 2.30. The Kier molecular flexibility index (Phi) is 8.57. The molecule has 2 saturated heterocycles. The van der Waals surface area contributed by atoms with E-state index in [1.807, 2.05) is 6.92 Å². The van der Waals surface area contributed by atoms with Crippen molar-refractivity contribution in [1.82, 2.24) is 13.9 Å². The Morgan fingerprint density at radius 2 is 1.59 bits per heavy atom. The lowest BCUT2D eigenvalue weighted by atomic mass is 9.99. The quantitative estimate of drug-likeness (QED) is 0.542. The molecule has 11 heteroatoms. The molecule has 2 heterocycles. The fourth-order valence-corrected chi connectivity index (χ4v) is 8.15. The van der Waals surface area contributed by atoms with Crippen molar-refractivity contribution in [2.75, 3.05) is 33.3 Å². The molecule has 0 aromatic heterocycles. The van der Waals surface area contributed by atoms with Gasteiger partial charge >= 0.3 is 0 Å². The van der Waals surface area contributed by atoms with Gasteiger partial charge in [0.05, 0.1) is 17.9 Å². The number of sulfonamides is 2. The maximum Gasteiger partial charge on any atom is 0.246 e. The fraction of sp³-hybridized carbons (Fsp3) is 0.500. The van der Waals surface area contributed by atoms with E-state index in [0.717, 1.165) is 30.4 Å². The molecule has 0 spiro atoms. The second-order valence-electron chi connectivity index (χ2n) is 9.68. The van der Waals surface area contributed by atoms with Crippen molar-refractivity contribution in [3.63, 3.8) is 0 Å². The molecule has 0 aliphatic carbocycles. The number of hydrogen-bond acceptors (Lipinski definition) is 6. The maximum atomic E-state index is 13.4. The van der Waals surface area contributed by atoms with Gasteiger partial charge in [0.15, 0.2) is 0 Å². The van der Waals surface area contributed by atoms with E-state index in [2.05, 4.69) is 5.32 Å². The van der Waals surface area contributed by atoms with Crippen molar-refractivity contribution in [2.45, 2.75) is 55.4 Å². The standard InChI is InChI=1S/C26H35N3O6S2/c1-20-8-13-24(35-2)25(17-20)37(33,34)29-16-6-7-22(19-29)26(30)27-18-21-9-11-23(12-10-21)36(31,32)28-14-4-3-5-15-28/h8-13,17,22H,3-7,14-16,18-19H2,1-2H3,(H,27,30)/t22-/m0/s1. The molecule has 1 N–H and O–H groups in total. The fourth-order valence-electron chi connectivity index (χ4n) is 4.87. The molecule has 0 unspecified atom stereocenters. The topological polar surface area (TPSA) is 113 Å². The SMILES string of the molecule is COc1ccc(C)cc1S(=O)(=O)N1CCC[C@H](C(=O)NCc2ccc(S(=O)(=O)N3CCCCC3)cc2)C1. The third-order valence-corrected chi connectivity index (χ3v) is 10.8. The van der Waals surface area contributed by atoms with Crippen LogP contribution in [0.1, 0.15) is 43.2 Å². The van der Waals surface area contributed by atoms with Gasteiger partial charge in [-0.1, -0.05) is 24.6 Å². The first-order chi connectivity index (χ1) is 17.6. The number of ether oxygens (including phenoxy) is 1. The summed E-state index contributed by atoms with van der Waals surface area (Å²) in [4.78, 5) is 13.3. The van der Waals surface area contributed by atoms with Crippen LogP contribution in [0.5, 0.6) is 5.75 Å². The maximum absolute atomic E-state index is 13.4. The molecule has 2 aliphatic heterocycles. The zero-order valence-corrected chi connectivity index (χ0v) is 23.0. The second-order valence-corrected chi connectivity index (χ2v) is 13.5. The van der Waals surface area contributed by atoms with E-state index < -0.39 is 26.0 Å². The molecule has 2 aromatic rings. The van der Waals surface area contributed by atoms with Gasteiger partial charge in [0.1, 0.15) is 10.6 Å². The number of methoxy groups -OCH3 is 1. The van der Waals surface area contributed by atoms with Gasteiger partial charge in [0.25, 0.3) is 0 Å². The largest absolute Gasteiger partial charge is 0.495 e. The summed E-state index contributed by atoms with van der Waals surface area (Å²) >= 11 is 0. The van der Waals surface area contributed by atoms with Crippen molar-refractivity contribution in [3.05, 3.63) is 53.6 Å². The van der Waals surface area contributed by atoms with Crippen LogP contribution in [0.3, 0.4) is 0 Å². The van der Waals surface area contributed by atoms with E-state index in [1.54, 1.807) is 42.5 Å². The summed E-state index contributed by atoms with van der Waals surface area (Å²) in [6, 6.07) is 11.6. The number of benzene rings is 2. The molecular formula is C26H35N3O6S2. The molecular weight excluding hydrogens is 514 g/mol. The minimum absolute atomic E-state index is 0.0955. The van der Waals surface area contributed by atoms with Crippen molar-refractivity contribution < 1.29 is 26.4 Å². The highest BCUT2D eigenvalue weighted by molar-refractivity contribution is 7.89. The van der Waals surface area contributed by atoms with Crippen LogP contribution in [0.25, 0.3) is 0 Å². The lowest BCUT2D eigenvalue weighted by Crippen LogP contribution is -2.45. The minimum atomic E-state index is -3.82. The van der Waals surface area contributed by atoms with Gasteiger partial charge in [-0.3, -0.25) is 4.79 Å². The summed E-state index contributed by atoms with van der Waals surface area (Å²) < 4.78 is 60.6. The summed E-state index contributed by atoms with van der Waals surface area (Å²) in [5, 5.41) is 2.89. The average molecular weight is 550 g/mol. The number of amides is 1. The molecule has 2 aliphatic rings. The molecule has 2 fully saturated rings. The van der Waals surface area contributed by atoms with E-state index in [9.17, 15) is 21.6 Å². The van der Waals surface area contributed by atoms with Crippen LogP contribution in [0.4, 0.5) is 0 Å². The van der Waals surface area contributed by atoms with E-state index in [-0.39, 0.29) is 34.5 Å². The van der Waals surface area contributed by atoms with Gasteiger partial charge in [0.2, 0.25) is 26.0 Å². The molecule has 0 bridgehead atoms. The summed E-state index contributed by atoms with van der Waals surface area (Å²) in [5.41, 5.74) is 1.58. The highest BCUT2D eigenvalue weighted by atomic mass is 32.2. The van der Waals surface area contributed by atoms with Crippen molar-refractivity contribution in [3.8, 4) is 5.75 Å². The van der Waals surface area contributed by atoms with Crippen LogP contribution in [-0.2, 0) is 31.4 Å². The number of aryl methyl sites for hydroxylation is 1. The first-order valence-electron chi connectivity index (χ1n) is 12.6. The average Bonchev–Trinajstić information content (AvgIpc) is 2.92. The van der Waals surface area contributed by atoms with Gasteiger partial charge in [-0.15, -0.1) is 0 Å². The van der Waals surface area contributed by atoms with Crippen LogP contribution in [-0.4, -0.2) is 64.6 Å². The zero-order chi connectivity index (χ0) is 26.6.